The monoisotopic (exact) mass is 429 g/mol. The van der Waals surface area contributed by atoms with Crippen LogP contribution in [0.1, 0.15) is 31.9 Å². The van der Waals surface area contributed by atoms with Crippen LogP contribution in [0.3, 0.4) is 0 Å². The van der Waals surface area contributed by atoms with Crippen molar-refractivity contribution >= 4 is 46.1 Å². The van der Waals surface area contributed by atoms with E-state index in [2.05, 4.69) is 35.4 Å². The minimum absolute atomic E-state index is 0.0356. The number of nitro groups is 2. The highest BCUT2D eigenvalue weighted by Crippen LogP contribution is 2.40. The first-order valence-corrected chi connectivity index (χ1v) is 9.38. The fourth-order valence-corrected chi connectivity index (χ4v) is 3.54. The molecule has 9 nitrogen and oxygen atoms in total. The van der Waals surface area contributed by atoms with Crippen LogP contribution in [0.25, 0.3) is 5.57 Å². The molecule has 0 bridgehead atoms. The number of hydrogen-bond donors (Lipinski definition) is 1. The molecular weight excluding hydrogens is 410 g/mol. The van der Waals surface area contributed by atoms with Crippen LogP contribution in [-0.2, 0) is 0 Å². The molecule has 0 unspecified atom stereocenters. The Morgan fingerprint density at radius 1 is 1.17 bits per heavy atom. The van der Waals surface area contributed by atoms with Gasteiger partial charge in [0, 0.05) is 29.9 Å². The summed E-state index contributed by atoms with van der Waals surface area (Å²) < 4.78 is 0. The number of likely N-dealkylation sites (N-methyl/N-ethyl adjacent to an activating group) is 1. The van der Waals surface area contributed by atoms with Crippen molar-refractivity contribution in [3.8, 4) is 0 Å². The van der Waals surface area contributed by atoms with Gasteiger partial charge in [0.25, 0.3) is 5.69 Å². The van der Waals surface area contributed by atoms with Gasteiger partial charge in [0.15, 0.2) is 0 Å². The molecule has 1 N–H and O–H groups in total. The fourth-order valence-electron chi connectivity index (χ4n) is 3.34. The quantitative estimate of drug-likeness (QED) is 0.395. The van der Waals surface area contributed by atoms with Crippen molar-refractivity contribution in [2.45, 2.75) is 26.3 Å². The van der Waals surface area contributed by atoms with E-state index in [9.17, 15) is 20.2 Å². The van der Waals surface area contributed by atoms with Crippen molar-refractivity contribution in [2.75, 3.05) is 17.4 Å². The standard InChI is InChI=1S/C20H20ClN5O4/c1-12-10-20(2,3)24(4)18-9-16(21)13(7-15(12)18)11-22-23-17-6-5-14(25(27)28)8-19(17)26(29)30/h5-11,23H,1-4H3/b22-11+. The first kappa shape index (κ1) is 21.3. The van der Waals surface area contributed by atoms with Crippen molar-refractivity contribution in [1.29, 1.82) is 0 Å². The number of nitrogens with one attached hydrogen (secondary N) is 1. The molecule has 10 heteroatoms. The molecule has 156 valence electrons. The van der Waals surface area contributed by atoms with Gasteiger partial charge >= 0.3 is 5.69 Å². The second kappa shape index (κ2) is 7.75. The third-order valence-electron chi connectivity index (χ3n) is 5.11. The van der Waals surface area contributed by atoms with Crippen molar-refractivity contribution in [2.24, 2.45) is 5.10 Å². The number of halogens is 1. The number of non-ortho nitro benzene ring substituents is 1. The Kier molecular flexibility index (Phi) is 5.49. The fraction of sp³-hybridized carbons (Fsp3) is 0.250. The number of nitrogens with zero attached hydrogens (tertiary/aromatic N) is 4. The van der Waals surface area contributed by atoms with Crippen molar-refractivity contribution in [1.82, 2.24) is 0 Å². The van der Waals surface area contributed by atoms with Crippen molar-refractivity contribution in [3.63, 3.8) is 0 Å². The molecule has 0 aromatic heterocycles. The molecule has 0 radical (unpaired) electrons. The second-order valence-corrected chi connectivity index (χ2v) is 7.92. The van der Waals surface area contributed by atoms with Gasteiger partial charge in [-0.15, -0.1) is 0 Å². The van der Waals surface area contributed by atoms with Gasteiger partial charge in [0.1, 0.15) is 5.69 Å². The van der Waals surface area contributed by atoms with E-state index >= 15 is 0 Å². The summed E-state index contributed by atoms with van der Waals surface area (Å²) in [5, 5.41) is 26.6. The highest BCUT2D eigenvalue weighted by atomic mass is 35.5. The van der Waals surface area contributed by atoms with Crippen LogP contribution in [0.2, 0.25) is 5.02 Å². The predicted octanol–water partition coefficient (Wildman–Crippen LogP) is 5.23. The van der Waals surface area contributed by atoms with Crippen LogP contribution in [0.15, 0.2) is 41.5 Å². The van der Waals surface area contributed by atoms with Gasteiger partial charge in [0.05, 0.1) is 32.7 Å². The Bertz CT molecular complexity index is 1110. The molecular formula is C20H20ClN5O4. The van der Waals surface area contributed by atoms with Gasteiger partial charge in [-0.05, 0) is 44.5 Å². The topological polar surface area (TPSA) is 114 Å². The Labute approximate surface area is 177 Å². The minimum Gasteiger partial charge on any atom is -0.365 e. The number of anilines is 2. The molecule has 1 aliphatic heterocycles. The molecule has 0 saturated carbocycles. The number of hydrazone groups is 1. The Hall–Kier alpha value is -3.46. The number of rotatable bonds is 5. The lowest BCUT2D eigenvalue weighted by Crippen LogP contribution is -2.42. The third kappa shape index (κ3) is 3.97. The van der Waals surface area contributed by atoms with E-state index in [4.69, 9.17) is 11.6 Å². The summed E-state index contributed by atoms with van der Waals surface area (Å²) in [6, 6.07) is 7.07. The Balaban J connectivity index is 1.91. The highest BCUT2D eigenvalue weighted by molar-refractivity contribution is 6.33. The largest absolute Gasteiger partial charge is 0.365 e. The van der Waals surface area contributed by atoms with Crippen LogP contribution in [-0.4, -0.2) is 28.6 Å². The molecule has 0 amide bonds. The summed E-state index contributed by atoms with van der Waals surface area (Å²) in [4.78, 5) is 22.8. The van der Waals surface area contributed by atoms with E-state index in [1.54, 1.807) is 0 Å². The number of hydrogen-bond acceptors (Lipinski definition) is 7. The lowest BCUT2D eigenvalue weighted by atomic mass is 9.88. The summed E-state index contributed by atoms with van der Waals surface area (Å²) >= 11 is 6.44. The molecule has 0 fully saturated rings. The van der Waals surface area contributed by atoms with Gasteiger partial charge in [-0.3, -0.25) is 25.7 Å². The zero-order chi connectivity index (χ0) is 22.2. The summed E-state index contributed by atoms with van der Waals surface area (Å²) in [7, 11) is 2.00. The third-order valence-corrected chi connectivity index (χ3v) is 5.44. The lowest BCUT2D eigenvalue weighted by Gasteiger charge is -2.40. The van der Waals surface area contributed by atoms with Crippen LogP contribution in [0.4, 0.5) is 22.7 Å². The molecule has 1 heterocycles. The zero-order valence-electron chi connectivity index (χ0n) is 16.8. The van der Waals surface area contributed by atoms with Gasteiger partial charge in [0.2, 0.25) is 0 Å². The van der Waals surface area contributed by atoms with Crippen molar-refractivity contribution < 1.29 is 9.85 Å². The normalized spacial score (nSPS) is 15.0. The summed E-state index contributed by atoms with van der Waals surface area (Å²) in [5.41, 5.74) is 5.41. The minimum atomic E-state index is -0.706. The Morgan fingerprint density at radius 3 is 2.50 bits per heavy atom. The lowest BCUT2D eigenvalue weighted by molar-refractivity contribution is -0.393. The summed E-state index contributed by atoms with van der Waals surface area (Å²) in [5.74, 6) is 0. The van der Waals surface area contributed by atoms with Gasteiger partial charge in [-0.1, -0.05) is 17.7 Å². The van der Waals surface area contributed by atoms with Crippen LogP contribution in [0.5, 0.6) is 0 Å². The highest BCUT2D eigenvalue weighted by Gasteiger charge is 2.29. The van der Waals surface area contributed by atoms with Gasteiger partial charge in [-0.25, -0.2) is 0 Å². The van der Waals surface area contributed by atoms with E-state index in [-0.39, 0.29) is 16.9 Å². The first-order valence-electron chi connectivity index (χ1n) is 9.00. The molecule has 2 aromatic carbocycles. The SMILES string of the molecule is CC1=CC(C)(C)N(C)c2cc(Cl)c(/C=N/Nc3ccc([N+](=O)[O-])cc3[N+](=O)[O-])cc21. The zero-order valence-corrected chi connectivity index (χ0v) is 17.6. The molecule has 0 spiro atoms. The average molecular weight is 430 g/mol. The van der Waals surface area contributed by atoms with Gasteiger partial charge < -0.3 is 4.90 Å². The van der Waals surface area contributed by atoms with E-state index < -0.39 is 15.5 Å². The molecule has 3 rings (SSSR count). The maximum Gasteiger partial charge on any atom is 0.301 e. The smallest absolute Gasteiger partial charge is 0.301 e. The predicted molar refractivity (Wildman–Crippen MR) is 119 cm³/mol. The maximum absolute atomic E-state index is 11.2. The van der Waals surface area contributed by atoms with E-state index in [1.165, 1.54) is 18.3 Å². The van der Waals surface area contributed by atoms with Crippen molar-refractivity contribution in [3.05, 3.63) is 72.8 Å². The van der Waals surface area contributed by atoms with E-state index in [1.807, 2.05) is 26.1 Å². The maximum atomic E-state index is 11.2. The molecule has 0 saturated heterocycles. The number of allylic oxidation sites excluding steroid dienone is 1. The summed E-state index contributed by atoms with van der Waals surface area (Å²) in [6.07, 6.45) is 3.63. The molecule has 2 aromatic rings. The number of nitro benzene ring substituents is 2. The number of fused-ring (bicyclic) bond motifs is 1. The molecule has 30 heavy (non-hydrogen) atoms. The second-order valence-electron chi connectivity index (χ2n) is 7.52. The molecule has 0 atom stereocenters. The van der Waals surface area contributed by atoms with E-state index in [0.29, 0.717) is 10.6 Å². The summed E-state index contributed by atoms with van der Waals surface area (Å²) in [6.45, 7) is 6.26. The average Bonchev–Trinajstić information content (AvgIpc) is 2.66. The van der Waals surface area contributed by atoms with Crippen LogP contribution >= 0.6 is 11.6 Å². The molecule has 0 aliphatic carbocycles. The van der Waals surface area contributed by atoms with E-state index in [0.717, 1.165) is 22.9 Å². The van der Waals surface area contributed by atoms with Crippen LogP contribution < -0.4 is 10.3 Å². The van der Waals surface area contributed by atoms with Gasteiger partial charge in [-0.2, -0.15) is 5.10 Å². The Morgan fingerprint density at radius 2 is 1.87 bits per heavy atom. The number of benzene rings is 2. The first-order chi connectivity index (χ1) is 14.0. The van der Waals surface area contributed by atoms with Crippen LogP contribution in [0, 0.1) is 20.2 Å². The molecule has 1 aliphatic rings.